The highest BCUT2D eigenvalue weighted by atomic mass is 16.1. The van der Waals surface area contributed by atoms with Crippen LogP contribution in [-0.2, 0) is 6.54 Å². The standard InChI is InChI=1S/C16H17N5O/c1-10-5-4-6-13(7-10)15(22)17-9-14-19-20-16-18-11(2)8-12(3)21(14)16/h4-8H,9H2,1-3H3,(H,17,22). The highest BCUT2D eigenvalue weighted by molar-refractivity contribution is 5.94. The molecule has 0 saturated carbocycles. The van der Waals surface area contributed by atoms with Crippen molar-refractivity contribution in [2.75, 3.05) is 0 Å². The van der Waals surface area contributed by atoms with Crippen molar-refractivity contribution in [2.24, 2.45) is 0 Å². The van der Waals surface area contributed by atoms with Gasteiger partial charge in [0.25, 0.3) is 11.7 Å². The van der Waals surface area contributed by atoms with Crippen molar-refractivity contribution in [1.82, 2.24) is 24.9 Å². The Morgan fingerprint density at radius 1 is 1.18 bits per heavy atom. The van der Waals surface area contributed by atoms with Gasteiger partial charge >= 0.3 is 0 Å². The van der Waals surface area contributed by atoms with Crippen LogP contribution in [0.5, 0.6) is 0 Å². The molecule has 0 aliphatic heterocycles. The first-order chi connectivity index (χ1) is 10.5. The lowest BCUT2D eigenvalue weighted by Crippen LogP contribution is -2.24. The fourth-order valence-electron chi connectivity index (χ4n) is 2.46. The number of nitrogens with zero attached hydrogens (tertiary/aromatic N) is 4. The first-order valence-electron chi connectivity index (χ1n) is 7.08. The lowest BCUT2D eigenvalue weighted by atomic mass is 10.1. The van der Waals surface area contributed by atoms with Crippen molar-refractivity contribution in [3.05, 3.63) is 58.7 Å². The third-order valence-corrected chi connectivity index (χ3v) is 3.45. The van der Waals surface area contributed by atoms with Gasteiger partial charge in [0.2, 0.25) is 0 Å². The lowest BCUT2D eigenvalue weighted by Gasteiger charge is -2.07. The number of amides is 1. The normalized spacial score (nSPS) is 10.9. The Labute approximate surface area is 128 Å². The fraction of sp³-hybridized carbons (Fsp3) is 0.250. The molecule has 1 N–H and O–H groups in total. The molecule has 6 nitrogen and oxygen atoms in total. The SMILES string of the molecule is Cc1cccc(C(=O)NCc2nnc3nc(C)cc(C)n23)c1. The second kappa shape index (κ2) is 5.55. The largest absolute Gasteiger partial charge is 0.345 e. The molecular formula is C16H17N5O. The summed E-state index contributed by atoms with van der Waals surface area (Å²) in [6.45, 7) is 6.15. The average molecular weight is 295 g/mol. The van der Waals surface area contributed by atoms with E-state index in [0.29, 0.717) is 23.7 Å². The molecule has 2 aromatic heterocycles. The molecule has 0 radical (unpaired) electrons. The van der Waals surface area contributed by atoms with Crippen LogP contribution in [0.15, 0.2) is 30.3 Å². The van der Waals surface area contributed by atoms with Crippen LogP contribution in [-0.4, -0.2) is 25.5 Å². The maximum Gasteiger partial charge on any atom is 0.255 e. The minimum Gasteiger partial charge on any atom is -0.345 e. The van der Waals surface area contributed by atoms with Crippen molar-refractivity contribution >= 4 is 11.7 Å². The zero-order valence-electron chi connectivity index (χ0n) is 12.8. The number of carbonyl (C=O) groups is 1. The monoisotopic (exact) mass is 295 g/mol. The topological polar surface area (TPSA) is 72.2 Å². The molecule has 6 heteroatoms. The van der Waals surface area contributed by atoms with E-state index in [1.165, 1.54) is 0 Å². The Balaban J connectivity index is 1.81. The van der Waals surface area contributed by atoms with Crippen LogP contribution in [0.3, 0.4) is 0 Å². The number of aromatic nitrogens is 4. The number of aryl methyl sites for hydroxylation is 3. The Hall–Kier alpha value is -2.76. The summed E-state index contributed by atoms with van der Waals surface area (Å²) in [4.78, 5) is 16.5. The number of hydrogen-bond acceptors (Lipinski definition) is 4. The summed E-state index contributed by atoms with van der Waals surface area (Å²) in [5.74, 6) is 1.09. The molecule has 2 heterocycles. The van der Waals surface area contributed by atoms with E-state index in [1.807, 2.05) is 49.4 Å². The maximum absolute atomic E-state index is 12.2. The molecule has 0 aliphatic rings. The van der Waals surface area contributed by atoms with Gasteiger partial charge in [-0.3, -0.25) is 9.20 Å². The highest BCUT2D eigenvalue weighted by Crippen LogP contribution is 2.08. The highest BCUT2D eigenvalue weighted by Gasteiger charge is 2.11. The van der Waals surface area contributed by atoms with Crippen molar-refractivity contribution in [3.63, 3.8) is 0 Å². The Bertz CT molecular complexity index is 853. The van der Waals surface area contributed by atoms with E-state index in [-0.39, 0.29) is 5.91 Å². The summed E-state index contributed by atoms with van der Waals surface area (Å²) in [5.41, 5.74) is 3.58. The van der Waals surface area contributed by atoms with Gasteiger partial charge in [-0.2, -0.15) is 0 Å². The van der Waals surface area contributed by atoms with Crippen LogP contribution in [0.1, 0.15) is 33.1 Å². The minimum atomic E-state index is -0.127. The van der Waals surface area contributed by atoms with Crippen LogP contribution in [0.2, 0.25) is 0 Å². The van der Waals surface area contributed by atoms with Gasteiger partial charge in [0.05, 0.1) is 6.54 Å². The van der Waals surface area contributed by atoms with Gasteiger partial charge in [-0.05, 0) is 39.0 Å². The first-order valence-corrected chi connectivity index (χ1v) is 7.08. The smallest absolute Gasteiger partial charge is 0.255 e. The quantitative estimate of drug-likeness (QED) is 0.802. The number of fused-ring (bicyclic) bond motifs is 1. The van der Waals surface area contributed by atoms with E-state index in [2.05, 4.69) is 20.5 Å². The van der Waals surface area contributed by atoms with Crippen LogP contribution in [0, 0.1) is 20.8 Å². The number of hydrogen-bond donors (Lipinski definition) is 1. The summed E-state index contributed by atoms with van der Waals surface area (Å²) < 4.78 is 1.85. The van der Waals surface area contributed by atoms with E-state index in [1.54, 1.807) is 6.07 Å². The van der Waals surface area contributed by atoms with Gasteiger partial charge in [0.1, 0.15) is 0 Å². The maximum atomic E-state index is 12.2. The van der Waals surface area contributed by atoms with Crippen molar-refractivity contribution < 1.29 is 4.79 Å². The summed E-state index contributed by atoms with van der Waals surface area (Å²) in [5, 5.41) is 11.0. The van der Waals surface area contributed by atoms with Crippen molar-refractivity contribution in [3.8, 4) is 0 Å². The third kappa shape index (κ3) is 2.67. The molecule has 0 aliphatic carbocycles. The first kappa shape index (κ1) is 14.2. The summed E-state index contributed by atoms with van der Waals surface area (Å²) in [6.07, 6.45) is 0. The Morgan fingerprint density at radius 3 is 2.77 bits per heavy atom. The van der Waals surface area contributed by atoms with E-state index in [9.17, 15) is 4.79 Å². The molecule has 3 aromatic rings. The molecule has 0 spiro atoms. The number of carbonyl (C=O) groups excluding carboxylic acids is 1. The third-order valence-electron chi connectivity index (χ3n) is 3.45. The summed E-state index contributed by atoms with van der Waals surface area (Å²) >= 11 is 0. The van der Waals surface area contributed by atoms with E-state index >= 15 is 0 Å². The van der Waals surface area contributed by atoms with E-state index < -0.39 is 0 Å². The lowest BCUT2D eigenvalue weighted by molar-refractivity contribution is 0.0949. The van der Waals surface area contributed by atoms with Gasteiger partial charge in [0.15, 0.2) is 5.82 Å². The van der Waals surface area contributed by atoms with Gasteiger partial charge in [0, 0.05) is 17.0 Å². The molecule has 0 unspecified atom stereocenters. The molecule has 0 fully saturated rings. The van der Waals surface area contributed by atoms with Crippen LogP contribution in [0.25, 0.3) is 5.78 Å². The van der Waals surface area contributed by atoms with Crippen LogP contribution >= 0.6 is 0 Å². The molecule has 0 bridgehead atoms. The second-order valence-electron chi connectivity index (χ2n) is 5.34. The molecule has 3 rings (SSSR count). The van der Waals surface area contributed by atoms with Gasteiger partial charge in [-0.25, -0.2) is 4.98 Å². The van der Waals surface area contributed by atoms with E-state index in [0.717, 1.165) is 17.0 Å². The van der Waals surface area contributed by atoms with Crippen LogP contribution in [0.4, 0.5) is 0 Å². The Morgan fingerprint density at radius 2 is 2.00 bits per heavy atom. The summed E-state index contributed by atoms with van der Waals surface area (Å²) in [7, 11) is 0. The van der Waals surface area contributed by atoms with E-state index in [4.69, 9.17) is 0 Å². The fourth-order valence-corrected chi connectivity index (χ4v) is 2.46. The zero-order chi connectivity index (χ0) is 15.7. The number of nitrogens with one attached hydrogen (secondary N) is 1. The van der Waals surface area contributed by atoms with Crippen molar-refractivity contribution in [2.45, 2.75) is 27.3 Å². The number of rotatable bonds is 3. The molecule has 0 saturated heterocycles. The Kier molecular flexibility index (Phi) is 3.58. The predicted molar refractivity (Wildman–Crippen MR) is 82.6 cm³/mol. The second-order valence-corrected chi connectivity index (χ2v) is 5.34. The van der Waals surface area contributed by atoms with Gasteiger partial charge in [-0.15, -0.1) is 10.2 Å². The van der Waals surface area contributed by atoms with Crippen molar-refractivity contribution in [1.29, 1.82) is 0 Å². The molecule has 112 valence electrons. The molecule has 22 heavy (non-hydrogen) atoms. The van der Waals surface area contributed by atoms with Gasteiger partial charge in [-0.1, -0.05) is 17.7 Å². The molecule has 1 aromatic carbocycles. The summed E-state index contributed by atoms with van der Waals surface area (Å²) in [6, 6.07) is 9.43. The minimum absolute atomic E-state index is 0.127. The average Bonchev–Trinajstić information content (AvgIpc) is 2.88. The molecule has 1 amide bonds. The van der Waals surface area contributed by atoms with Gasteiger partial charge < -0.3 is 5.32 Å². The van der Waals surface area contributed by atoms with Crippen LogP contribution < -0.4 is 5.32 Å². The molecule has 0 atom stereocenters. The predicted octanol–water partition coefficient (Wildman–Crippen LogP) is 1.98. The number of benzene rings is 1. The zero-order valence-corrected chi connectivity index (χ0v) is 12.8. The molecular weight excluding hydrogens is 278 g/mol.